The fourth-order valence-electron chi connectivity index (χ4n) is 2.57. The minimum absolute atomic E-state index is 0.165. The third-order valence-corrected chi connectivity index (χ3v) is 3.90. The lowest BCUT2D eigenvalue weighted by Crippen LogP contribution is -2.47. The van der Waals surface area contributed by atoms with Crippen LogP contribution in [-0.2, 0) is 0 Å². The number of aromatic nitrogens is 1. The van der Waals surface area contributed by atoms with Crippen molar-refractivity contribution < 1.29 is 4.79 Å². The molecular formula is C15H23N3O2. The summed E-state index contributed by atoms with van der Waals surface area (Å²) in [5.74, 6) is -0.269. The summed E-state index contributed by atoms with van der Waals surface area (Å²) >= 11 is 0. The van der Waals surface area contributed by atoms with Gasteiger partial charge in [-0.1, -0.05) is 0 Å². The molecule has 0 spiro atoms. The first-order valence-electron chi connectivity index (χ1n) is 7.21. The van der Waals surface area contributed by atoms with E-state index >= 15 is 0 Å². The monoisotopic (exact) mass is 277 g/mol. The highest BCUT2D eigenvalue weighted by Gasteiger charge is 2.23. The summed E-state index contributed by atoms with van der Waals surface area (Å²) in [7, 11) is 0. The number of hydrogen-bond acceptors (Lipinski definition) is 3. The van der Waals surface area contributed by atoms with Gasteiger partial charge < -0.3 is 15.2 Å². The average Bonchev–Trinajstić information content (AvgIpc) is 2.39. The second-order valence-corrected chi connectivity index (χ2v) is 5.77. The molecule has 5 heteroatoms. The molecular weight excluding hydrogens is 254 g/mol. The van der Waals surface area contributed by atoms with Crippen molar-refractivity contribution in [2.45, 2.75) is 45.7 Å². The third-order valence-electron chi connectivity index (χ3n) is 3.90. The Bertz CT molecular complexity index is 528. The van der Waals surface area contributed by atoms with E-state index in [0.717, 1.165) is 31.6 Å². The molecule has 0 atom stereocenters. The minimum atomic E-state index is -0.269. The van der Waals surface area contributed by atoms with E-state index in [1.807, 2.05) is 0 Å². The predicted molar refractivity (Wildman–Crippen MR) is 79.0 cm³/mol. The van der Waals surface area contributed by atoms with Crippen LogP contribution in [0.25, 0.3) is 0 Å². The SMILES string of the molecule is Cc1cc(=O)c(C(=O)NC2CCN(C(C)C)CC2)c[nH]1. The number of piperidine rings is 1. The molecule has 0 saturated carbocycles. The van der Waals surface area contributed by atoms with Crippen LogP contribution in [0.15, 0.2) is 17.1 Å². The highest BCUT2D eigenvalue weighted by molar-refractivity contribution is 5.93. The van der Waals surface area contributed by atoms with Crippen LogP contribution >= 0.6 is 0 Å². The summed E-state index contributed by atoms with van der Waals surface area (Å²) < 4.78 is 0. The van der Waals surface area contributed by atoms with E-state index in [0.29, 0.717) is 6.04 Å². The van der Waals surface area contributed by atoms with Crippen molar-refractivity contribution in [3.05, 3.63) is 33.7 Å². The second-order valence-electron chi connectivity index (χ2n) is 5.77. The Morgan fingerprint density at radius 2 is 2.05 bits per heavy atom. The molecule has 0 radical (unpaired) electrons. The predicted octanol–water partition coefficient (Wildman–Crippen LogP) is 1.29. The van der Waals surface area contributed by atoms with Gasteiger partial charge in [0.25, 0.3) is 5.91 Å². The molecule has 110 valence electrons. The highest BCUT2D eigenvalue weighted by atomic mass is 16.2. The number of nitrogens with one attached hydrogen (secondary N) is 2. The molecule has 0 aliphatic carbocycles. The van der Waals surface area contributed by atoms with Gasteiger partial charge in [-0.2, -0.15) is 0 Å². The number of rotatable bonds is 3. The van der Waals surface area contributed by atoms with E-state index in [4.69, 9.17) is 0 Å². The van der Waals surface area contributed by atoms with Crippen molar-refractivity contribution >= 4 is 5.91 Å². The number of hydrogen-bond donors (Lipinski definition) is 2. The summed E-state index contributed by atoms with van der Waals surface area (Å²) in [5, 5.41) is 2.97. The lowest BCUT2D eigenvalue weighted by atomic mass is 10.0. The molecule has 5 nitrogen and oxygen atoms in total. The number of likely N-dealkylation sites (tertiary alicyclic amines) is 1. The van der Waals surface area contributed by atoms with Gasteiger partial charge in [0.15, 0.2) is 5.43 Å². The lowest BCUT2D eigenvalue weighted by molar-refractivity contribution is 0.0899. The fraction of sp³-hybridized carbons (Fsp3) is 0.600. The van der Waals surface area contributed by atoms with Crippen LogP contribution in [0.4, 0.5) is 0 Å². The molecule has 0 aromatic carbocycles. The van der Waals surface area contributed by atoms with Gasteiger partial charge in [0, 0.05) is 43.1 Å². The molecule has 0 unspecified atom stereocenters. The van der Waals surface area contributed by atoms with Gasteiger partial charge in [0.2, 0.25) is 0 Å². The molecule has 2 heterocycles. The Balaban J connectivity index is 1.94. The van der Waals surface area contributed by atoms with Crippen LogP contribution in [0, 0.1) is 6.92 Å². The molecule has 1 aromatic rings. The van der Waals surface area contributed by atoms with E-state index in [9.17, 15) is 9.59 Å². The van der Waals surface area contributed by atoms with Gasteiger partial charge in [0.05, 0.1) is 0 Å². The van der Waals surface area contributed by atoms with Gasteiger partial charge in [0.1, 0.15) is 5.56 Å². The van der Waals surface area contributed by atoms with Gasteiger partial charge in [-0.15, -0.1) is 0 Å². The maximum atomic E-state index is 12.1. The Hall–Kier alpha value is -1.62. The number of H-pyrrole nitrogens is 1. The van der Waals surface area contributed by atoms with E-state index in [1.54, 1.807) is 6.92 Å². The normalized spacial score (nSPS) is 17.4. The van der Waals surface area contributed by atoms with Gasteiger partial charge in [-0.25, -0.2) is 0 Å². The minimum Gasteiger partial charge on any atom is -0.364 e. The van der Waals surface area contributed by atoms with E-state index < -0.39 is 0 Å². The molecule has 1 fully saturated rings. The summed E-state index contributed by atoms with van der Waals surface area (Å²) in [6.07, 6.45) is 3.37. The molecule has 1 aliphatic rings. The van der Waals surface area contributed by atoms with Crippen molar-refractivity contribution in [3.8, 4) is 0 Å². The van der Waals surface area contributed by atoms with Crippen LogP contribution < -0.4 is 10.7 Å². The summed E-state index contributed by atoms with van der Waals surface area (Å²) in [5.41, 5.74) is 0.733. The molecule has 1 aliphatic heterocycles. The van der Waals surface area contributed by atoms with Gasteiger partial charge in [-0.3, -0.25) is 9.59 Å². The van der Waals surface area contributed by atoms with E-state index in [-0.39, 0.29) is 22.9 Å². The molecule has 1 saturated heterocycles. The van der Waals surface area contributed by atoms with Crippen LogP contribution in [0.5, 0.6) is 0 Å². The standard InChI is InChI=1S/C15H23N3O2/c1-10(2)18-6-4-12(5-7-18)17-15(20)13-9-16-11(3)8-14(13)19/h8-10,12H,4-7H2,1-3H3,(H,16,19)(H,17,20). The first-order chi connectivity index (χ1) is 9.47. The topological polar surface area (TPSA) is 65.2 Å². The number of carbonyl (C=O) groups excluding carboxylic acids is 1. The van der Waals surface area contributed by atoms with Gasteiger partial charge >= 0.3 is 0 Å². The van der Waals surface area contributed by atoms with E-state index in [2.05, 4.69) is 29.0 Å². The Morgan fingerprint density at radius 3 is 2.60 bits per heavy atom. The first kappa shape index (κ1) is 14.8. The Kier molecular flexibility index (Phi) is 4.60. The number of carbonyl (C=O) groups is 1. The molecule has 20 heavy (non-hydrogen) atoms. The number of amides is 1. The number of nitrogens with zero attached hydrogens (tertiary/aromatic N) is 1. The highest BCUT2D eigenvalue weighted by Crippen LogP contribution is 2.13. The number of aryl methyl sites for hydroxylation is 1. The maximum absolute atomic E-state index is 12.1. The zero-order valence-electron chi connectivity index (χ0n) is 12.4. The third kappa shape index (κ3) is 3.48. The zero-order valence-corrected chi connectivity index (χ0v) is 12.4. The van der Waals surface area contributed by atoms with E-state index in [1.165, 1.54) is 12.3 Å². The Labute approximate surface area is 119 Å². The number of aromatic amines is 1. The van der Waals surface area contributed by atoms with Crippen LogP contribution in [0.2, 0.25) is 0 Å². The van der Waals surface area contributed by atoms with Crippen molar-refractivity contribution in [2.24, 2.45) is 0 Å². The van der Waals surface area contributed by atoms with Gasteiger partial charge in [-0.05, 0) is 33.6 Å². The molecule has 1 amide bonds. The van der Waals surface area contributed by atoms with Crippen LogP contribution in [-0.4, -0.2) is 41.0 Å². The van der Waals surface area contributed by atoms with Crippen molar-refractivity contribution in [2.75, 3.05) is 13.1 Å². The molecule has 0 bridgehead atoms. The lowest BCUT2D eigenvalue weighted by Gasteiger charge is -2.34. The average molecular weight is 277 g/mol. The van der Waals surface area contributed by atoms with Crippen LogP contribution in [0.1, 0.15) is 42.7 Å². The second kappa shape index (κ2) is 6.22. The van der Waals surface area contributed by atoms with Crippen molar-refractivity contribution in [1.82, 2.24) is 15.2 Å². The Morgan fingerprint density at radius 1 is 1.40 bits per heavy atom. The maximum Gasteiger partial charge on any atom is 0.256 e. The summed E-state index contributed by atoms with van der Waals surface area (Å²) in [6, 6.07) is 2.17. The summed E-state index contributed by atoms with van der Waals surface area (Å²) in [4.78, 5) is 29.2. The van der Waals surface area contributed by atoms with Crippen molar-refractivity contribution in [3.63, 3.8) is 0 Å². The quantitative estimate of drug-likeness (QED) is 0.875. The molecule has 2 rings (SSSR count). The fourth-order valence-corrected chi connectivity index (χ4v) is 2.57. The zero-order chi connectivity index (χ0) is 14.7. The molecule has 2 N–H and O–H groups in total. The van der Waals surface area contributed by atoms with Crippen molar-refractivity contribution in [1.29, 1.82) is 0 Å². The molecule has 1 aromatic heterocycles. The summed E-state index contributed by atoms with van der Waals surface area (Å²) in [6.45, 7) is 8.15. The van der Waals surface area contributed by atoms with Crippen LogP contribution in [0.3, 0.4) is 0 Å². The largest absolute Gasteiger partial charge is 0.364 e. The smallest absolute Gasteiger partial charge is 0.256 e. The number of pyridine rings is 1. The first-order valence-corrected chi connectivity index (χ1v) is 7.21.